The molecule has 1 amide bonds. The summed E-state index contributed by atoms with van der Waals surface area (Å²) in [7, 11) is 0. The van der Waals surface area contributed by atoms with Gasteiger partial charge in [0.2, 0.25) is 0 Å². The molecule has 3 heterocycles. The van der Waals surface area contributed by atoms with Crippen LogP contribution in [-0.2, 0) is 9.53 Å². The second kappa shape index (κ2) is 16.0. The number of anilines is 2. The largest absolute Gasteiger partial charge is 0.491 e. The summed E-state index contributed by atoms with van der Waals surface area (Å²) in [4.78, 5) is 21.5. The number of ether oxygens (including phenoxy) is 2. The lowest BCUT2D eigenvalue weighted by Crippen LogP contribution is -2.29. The number of amides is 1. The predicted octanol–water partition coefficient (Wildman–Crippen LogP) is 9.24. The lowest BCUT2D eigenvalue weighted by Gasteiger charge is -2.27. The summed E-state index contributed by atoms with van der Waals surface area (Å²) in [6.07, 6.45) is 8.72. The molecule has 0 spiro atoms. The lowest BCUT2D eigenvalue weighted by atomic mass is 10.00. The van der Waals surface area contributed by atoms with Gasteiger partial charge in [-0.05, 0) is 102 Å². The van der Waals surface area contributed by atoms with Crippen LogP contribution in [0.4, 0.5) is 11.4 Å². The van der Waals surface area contributed by atoms with Crippen molar-refractivity contribution in [2.75, 3.05) is 43.1 Å². The highest BCUT2D eigenvalue weighted by molar-refractivity contribution is 7.99. The van der Waals surface area contributed by atoms with Crippen molar-refractivity contribution in [3.63, 3.8) is 0 Å². The molecule has 8 heteroatoms. The molecule has 7 nitrogen and oxygen atoms in total. The molecule has 0 fully saturated rings. The molecule has 48 heavy (non-hydrogen) atoms. The molecule has 3 aromatic carbocycles. The standard InChI is InChI=1S/C40H44N4O3S/c1-4-5-23-46-24-25-47-35-14-9-30(10-15-35)31-11-18-37-33(26-31)27-32(19-21-43(37)28-29(2)3)40(45)42-34-12-16-36(17-13-34)48-39-8-6-7-38-41-20-22-44(38)39/h6-18,20,22,26-27,29H,4-5,19,21,23-25,28H2,1-3H3,(H,42,45). The number of aromatic nitrogens is 2. The molecule has 6 rings (SSSR count). The Balaban J connectivity index is 1.15. The van der Waals surface area contributed by atoms with E-state index >= 15 is 0 Å². The van der Waals surface area contributed by atoms with Crippen LogP contribution in [0.1, 0.15) is 45.6 Å². The summed E-state index contributed by atoms with van der Waals surface area (Å²) < 4.78 is 13.6. The van der Waals surface area contributed by atoms with Crippen molar-refractivity contribution >= 4 is 40.8 Å². The highest BCUT2D eigenvalue weighted by Gasteiger charge is 2.21. The number of carbonyl (C=O) groups excluding carboxylic acids is 1. The predicted molar refractivity (Wildman–Crippen MR) is 197 cm³/mol. The van der Waals surface area contributed by atoms with Crippen LogP contribution in [-0.4, -0.2) is 48.2 Å². The van der Waals surface area contributed by atoms with Gasteiger partial charge in [0.25, 0.3) is 5.91 Å². The van der Waals surface area contributed by atoms with Gasteiger partial charge in [-0.1, -0.05) is 63.2 Å². The minimum absolute atomic E-state index is 0.0680. The van der Waals surface area contributed by atoms with Crippen molar-refractivity contribution in [1.82, 2.24) is 9.38 Å². The van der Waals surface area contributed by atoms with Crippen LogP contribution in [0, 0.1) is 5.92 Å². The van der Waals surface area contributed by atoms with Gasteiger partial charge in [0.1, 0.15) is 18.0 Å². The number of nitrogens with one attached hydrogen (secondary N) is 1. The highest BCUT2D eigenvalue weighted by atomic mass is 32.2. The number of hydrogen-bond donors (Lipinski definition) is 1. The van der Waals surface area contributed by atoms with E-state index in [1.54, 1.807) is 11.8 Å². The number of carbonyl (C=O) groups is 1. The molecule has 1 aliphatic heterocycles. The number of pyridine rings is 1. The summed E-state index contributed by atoms with van der Waals surface area (Å²) >= 11 is 1.67. The zero-order valence-corrected chi connectivity index (χ0v) is 28.8. The summed E-state index contributed by atoms with van der Waals surface area (Å²) in [6.45, 7) is 10.2. The summed E-state index contributed by atoms with van der Waals surface area (Å²) in [5, 5.41) is 4.24. The number of fused-ring (bicyclic) bond motifs is 2. The van der Waals surface area contributed by atoms with E-state index < -0.39 is 0 Å². The van der Waals surface area contributed by atoms with Crippen molar-refractivity contribution < 1.29 is 14.3 Å². The van der Waals surface area contributed by atoms with E-state index in [1.165, 1.54) is 0 Å². The van der Waals surface area contributed by atoms with Gasteiger partial charge < -0.3 is 19.7 Å². The third kappa shape index (κ3) is 8.48. The fourth-order valence-corrected chi connectivity index (χ4v) is 6.75. The monoisotopic (exact) mass is 660 g/mol. The maximum Gasteiger partial charge on any atom is 0.251 e. The number of benzene rings is 3. The molecule has 0 atom stereocenters. The first-order chi connectivity index (χ1) is 23.5. The zero-order chi connectivity index (χ0) is 33.3. The smallest absolute Gasteiger partial charge is 0.251 e. The lowest BCUT2D eigenvalue weighted by molar-refractivity contribution is -0.112. The second-order valence-electron chi connectivity index (χ2n) is 12.5. The van der Waals surface area contributed by atoms with E-state index in [2.05, 4.69) is 82.8 Å². The van der Waals surface area contributed by atoms with Gasteiger partial charge in [0, 0.05) is 53.9 Å². The first-order valence-corrected chi connectivity index (χ1v) is 17.7. The first kappa shape index (κ1) is 33.4. The number of unbranched alkanes of at least 4 members (excludes halogenated alkanes) is 1. The molecule has 0 saturated heterocycles. The van der Waals surface area contributed by atoms with Crippen LogP contribution in [0.2, 0.25) is 0 Å². The molecular formula is C40H44N4O3S. The second-order valence-corrected chi connectivity index (χ2v) is 13.6. The van der Waals surface area contributed by atoms with Crippen molar-refractivity contribution in [1.29, 1.82) is 0 Å². The molecule has 1 N–H and O–H groups in total. The van der Waals surface area contributed by atoms with Gasteiger partial charge in [-0.25, -0.2) is 4.98 Å². The first-order valence-electron chi connectivity index (χ1n) is 16.9. The van der Waals surface area contributed by atoms with Gasteiger partial charge in [0.15, 0.2) is 0 Å². The van der Waals surface area contributed by atoms with Crippen molar-refractivity contribution in [3.8, 4) is 16.9 Å². The summed E-state index contributed by atoms with van der Waals surface area (Å²) in [5.74, 6) is 1.26. The molecule has 0 aliphatic carbocycles. The van der Waals surface area contributed by atoms with Crippen LogP contribution < -0.4 is 15.0 Å². The molecule has 2 aromatic heterocycles. The Morgan fingerprint density at radius 1 is 0.958 bits per heavy atom. The van der Waals surface area contributed by atoms with Crippen molar-refractivity contribution in [2.24, 2.45) is 5.92 Å². The molecule has 248 valence electrons. The molecule has 5 aromatic rings. The Kier molecular flexibility index (Phi) is 11.2. The molecule has 1 aliphatic rings. The number of imidazole rings is 1. The molecule has 0 saturated carbocycles. The van der Waals surface area contributed by atoms with Crippen LogP contribution >= 0.6 is 11.8 Å². The fourth-order valence-electron chi connectivity index (χ4n) is 5.84. The van der Waals surface area contributed by atoms with Crippen molar-refractivity contribution in [3.05, 3.63) is 108 Å². The van der Waals surface area contributed by atoms with Crippen LogP contribution in [0.15, 0.2) is 113 Å². The fraction of sp³-hybridized carbons (Fsp3) is 0.300. The van der Waals surface area contributed by atoms with E-state index in [1.807, 2.05) is 60.9 Å². The van der Waals surface area contributed by atoms with Crippen molar-refractivity contribution in [2.45, 2.75) is 50.0 Å². The maximum absolute atomic E-state index is 13.7. The van der Waals surface area contributed by atoms with E-state index in [0.29, 0.717) is 25.6 Å². The highest BCUT2D eigenvalue weighted by Crippen LogP contribution is 2.34. The van der Waals surface area contributed by atoms with Gasteiger partial charge in [-0.2, -0.15) is 0 Å². The minimum atomic E-state index is -0.0680. The minimum Gasteiger partial charge on any atom is -0.491 e. The average molecular weight is 661 g/mol. The van der Waals surface area contributed by atoms with E-state index in [-0.39, 0.29) is 5.91 Å². The van der Waals surface area contributed by atoms with Gasteiger partial charge in [0.05, 0.1) is 11.6 Å². The van der Waals surface area contributed by atoms with E-state index in [4.69, 9.17) is 9.47 Å². The van der Waals surface area contributed by atoms with Crippen LogP contribution in [0.3, 0.4) is 0 Å². The van der Waals surface area contributed by atoms with Crippen LogP contribution in [0.5, 0.6) is 5.75 Å². The maximum atomic E-state index is 13.7. The SMILES string of the molecule is CCCCOCCOc1ccc(-c2ccc3c(c2)C=C(C(=O)Nc2ccc(Sc4cccc5nccn45)cc2)CCN3CC(C)C)cc1. The quantitative estimate of drug-likeness (QED) is 0.120. The Hall–Kier alpha value is -4.53. The third-order valence-electron chi connectivity index (χ3n) is 8.28. The zero-order valence-electron chi connectivity index (χ0n) is 28.0. The van der Waals surface area contributed by atoms with E-state index in [9.17, 15) is 4.79 Å². The van der Waals surface area contributed by atoms with E-state index in [0.717, 1.165) is 87.5 Å². The summed E-state index contributed by atoms with van der Waals surface area (Å²) in [5.41, 5.74) is 6.89. The third-order valence-corrected chi connectivity index (χ3v) is 9.33. The van der Waals surface area contributed by atoms with Gasteiger partial charge in [-0.3, -0.25) is 9.20 Å². The molecule has 0 unspecified atom stereocenters. The molecule has 0 radical (unpaired) electrons. The van der Waals surface area contributed by atoms with Gasteiger partial charge >= 0.3 is 0 Å². The Morgan fingerprint density at radius 2 is 1.77 bits per heavy atom. The number of hydrogen-bond acceptors (Lipinski definition) is 6. The topological polar surface area (TPSA) is 68.1 Å². The normalized spacial score (nSPS) is 12.9. The summed E-state index contributed by atoms with van der Waals surface area (Å²) in [6, 6.07) is 28.9. The Bertz CT molecular complexity index is 1850. The number of nitrogens with zero attached hydrogens (tertiary/aromatic N) is 3. The van der Waals surface area contributed by atoms with Crippen LogP contribution in [0.25, 0.3) is 22.9 Å². The number of rotatable bonds is 14. The van der Waals surface area contributed by atoms with Gasteiger partial charge in [-0.15, -0.1) is 0 Å². The molecular weight excluding hydrogens is 617 g/mol. The average Bonchev–Trinajstić information content (AvgIpc) is 3.51. The Labute approximate surface area is 288 Å². The Morgan fingerprint density at radius 3 is 2.56 bits per heavy atom. The molecule has 0 bridgehead atoms.